The molecule has 4 aliphatic heterocycles. The largest absolute Gasteiger partial charge is 0.532 e. The first-order chi connectivity index (χ1) is 12.1. The standard InChI is InChI=1S/C17H15N2O5P/c20-25-22-15-11-5-6-17(18-11,24-25)16(23-25)13(15)14-10-7-9(8-1-2-8)3-4-12(10)21-19-14/h3-4,7-8,11,15,18H,1-2,5-6H2. The van der Waals surface area contributed by atoms with Gasteiger partial charge in [0.1, 0.15) is 11.8 Å². The quantitative estimate of drug-likeness (QED) is 0.824. The monoisotopic (exact) mass is 358 g/mol. The molecule has 7 rings (SSSR count). The van der Waals surface area contributed by atoms with Crippen LogP contribution in [0.3, 0.4) is 0 Å². The first-order valence-electron chi connectivity index (χ1n) is 8.75. The molecule has 7 nitrogen and oxygen atoms in total. The molecule has 0 amide bonds. The van der Waals surface area contributed by atoms with E-state index in [1.54, 1.807) is 0 Å². The minimum atomic E-state index is -3.52. The fraction of sp³-hybridized carbons (Fsp3) is 0.471. The maximum absolute atomic E-state index is 12.6. The number of phosphoric ester groups is 1. The van der Waals surface area contributed by atoms with Gasteiger partial charge < -0.3 is 9.05 Å². The number of rotatable bonds is 2. The zero-order chi connectivity index (χ0) is 16.4. The number of benzene rings is 1. The molecular weight excluding hydrogens is 343 g/mol. The second-order valence-electron chi connectivity index (χ2n) is 7.58. The summed E-state index contributed by atoms with van der Waals surface area (Å²) in [6.45, 7) is 0. The minimum absolute atomic E-state index is 0.0526. The highest BCUT2D eigenvalue weighted by Crippen LogP contribution is 2.72. The van der Waals surface area contributed by atoms with Crippen molar-refractivity contribution in [2.75, 3.05) is 0 Å². The van der Waals surface area contributed by atoms with Crippen LogP contribution >= 0.6 is 7.82 Å². The predicted molar refractivity (Wildman–Crippen MR) is 86.4 cm³/mol. The molecule has 4 atom stereocenters. The van der Waals surface area contributed by atoms with Gasteiger partial charge in [-0.3, -0.25) is 9.84 Å². The third-order valence-corrected chi connectivity index (χ3v) is 7.43. The van der Waals surface area contributed by atoms with E-state index in [0.29, 0.717) is 11.7 Å². The third-order valence-electron chi connectivity index (χ3n) is 6.00. The predicted octanol–water partition coefficient (Wildman–Crippen LogP) is 3.43. The van der Waals surface area contributed by atoms with Crippen LogP contribution in [0.25, 0.3) is 16.5 Å². The molecule has 1 saturated carbocycles. The van der Waals surface area contributed by atoms with Crippen LogP contribution in [0, 0.1) is 0 Å². The first kappa shape index (κ1) is 13.5. The van der Waals surface area contributed by atoms with Crippen LogP contribution in [0.2, 0.25) is 0 Å². The Morgan fingerprint density at radius 2 is 2.20 bits per heavy atom. The highest BCUT2D eigenvalue weighted by Gasteiger charge is 2.69. The van der Waals surface area contributed by atoms with E-state index in [2.05, 4.69) is 22.6 Å². The molecule has 8 heteroatoms. The molecule has 1 spiro atoms. The van der Waals surface area contributed by atoms with Gasteiger partial charge >= 0.3 is 7.82 Å². The Morgan fingerprint density at radius 3 is 3.08 bits per heavy atom. The maximum atomic E-state index is 12.6. The van der Waals surface area contributed by atoms with E-state index in [0.717, 1.165) is 35.1 Å². The normalized spacial score (nSPS) is 41.0. The fourth-order valence-corrected chi connectivity index (χ4v) is 6.42. The average molecular weight is 358 g/mol. The van der Waals surface area contributed by atoms with E-state index in [9.17, 15) is 4.57 Å². The Morgan fingerprint density at radius 1 is 1.28 bits per heavy atom. The molecule has 1 aromatic heterocycles. The molecule has 1 N–H and O–H groups in total. The molecule has 0 radical (unpaired) electrons. The molecule has 5 aliphatic rings. The van der Waals surface area contributed by atoms with Crippen molar-refractivity contribution in [3.8, 4) is 0 Å². The highest BCUT2D eigenvalue weighted by atomic mass is 31.2. The van der Waals surface area contributed by atoms with Gasteiger partial charge in [-0.25, -0.2) is 9.09 Å². The van der Waals surface area contributed by atoms with E-state index in [1.165, 1.54) is 18.4 Å². The van der Waals surface area contributed by atoms with Crippen LogP contribution in [0.4, 0.5) is 0 Å². The summed E-state index contributed by atoms with van der Waals surface area (Å²) in [5, 5.41) is 8.69. The van der Waals surface area contributed by atoms with Gasteiger partial charge in [-0.2, -0.15) is 0 Å². The van der Waals surface area contributed by atoms with Gasteiger partial charge in [0, 0.05) is 11.4 Å². The molecule has 2 saturated heterocycles. The molecule has 1 aliphatic carbocycles. The lowest BCUT2D eigenvalue weighted by Gasteiger charge is -2.34. The van der Waals surface area contributed by atoms with Crippen LogP contribution in [-0.4, -0.2) is 23.0 Å². The van der Waals surface area contributed by atoms with E-state index >= 15 is 0 Å². The summed E-state index contributed by atoms with van der Waals surface area (Å²) < 4.78 is 35.4. The van der Waals surface area contributed by atoms with Crippen molar-refractivity contribution in [3.05, 3.63) is 35.2 Å². The average Bonchev–Trinajstić information content (AvgIpc) is 3.20. The van der Waals surface area contributed by atoms with E-state index in [4.69, 9.17) is 18.1 Å². The topological polar surface area (TPSA) is 82.8 Å². The van der Waals surface area contributed by atoms with E-state index in [1.807, 2.05) is 6.07 Å². The van der Waals surface area contributed by atoms with Crippen molar-refractivity contribution in [2.45, 2.75) is 49.5 Å². The molecule has 25 heavy (non-hydrogen) atoms. The van der Waals surface area contributed by atoms with Crippen molar-refractivity contribution in [1.82, 2.24) is 10.5 Å². The molecule has 3 fully saturated rings. The smallest absolute Gasteiger partial charge is 0.403 e. The van der Waals surface area contributed by atoms with Crippen LogP contribution in [-0.2, 0) is 18.1 Å². The van der Waals surface area contributed by atoms with Crippen molar-refractivity contribution >= 4 is 24.4 Å². The molecule has 4 unspecified atom stereocenters. The van der Waals surface area contributed by atoms with Gasteiger partial charge in [0.2, 0.25) is 0 Å². The van der Waals surface area contributed by atoms with Crippen LogP contribution < -0.4 is 5.32 Å². The molecule has 2 aromatic rings. The fourth-order valence-electron chi connectivity index (χ4n) is 4.69. The first-order valence-corrected chi connectivity index (χ1v) is 10.2. The van der Waals surface area contributed by atoms with Crippen molar-refractivity contribution in [3.63, 3.8) is 0 Å². The van der Waals surface area contributed by atoms with Gasteiger partial charge in [0.25, 0.3) is 0 Å². The number of fused-ring (bicyclic) bond motifs is 5. The summed E-state index contributed by atoms with van der Waals surface area (Å²) in [5.41, 5.74) is 2.79. The zero-order valence-corrected chi connectivity index (χ0v) is 14.1. The van der Waals surface area contributed by atoms with Crippen molar-refractivity contribution in [2.24, 2.45) is 0 Å². The number of nitrogens with one attached hydrogen (secondary N) is 1. The summed E-state index contributed by atoms with van der Waals surface area (Å²) in [6.07, 6.45) is 3.70. The SMILES string of the molecule is O=P12OC3=C(c4noc5ccc(C6CC6)cc45)C(O1)C1CCC3(N1)O2. The van der Waals surface area contributed by atoms with Gasteiger partial charge in [-0.05, 0) is 49.3 Å². The number of hydrogen-bond donors (Lipinski definition) is 1. The van der Waals surface area contributed by atoms with Gasteiger partial charge in [0.15, 0.2) is 17.1 Å². The highest BCUT2D eigenvalue weighted by molar-refractivity contribution is 7.49. The van der Waals surface area contributed by atoms with Crippen LogP contribution in [0.1, 0.15) is 42.9 Å². The number of aromatic nitrogens is 1. The number of phosphoric acid groups is 1. The molecule has 5 bridgehead atoms. The molecule has 128 valence electrons. The second-order valence-corrected chi connectivity index (χ2v) is 9.05. The molecular formula is C17H15N2O5P. The third kappa shape index (κ3) is 1.59. The lowest BCUT2D eigenvalue weighted by molar-refractivity contribution is 0.105. The Balaban J connectivity index is 1.50. The van der Waals surface area contributed by atoms with Crippen molar-refractivity contribution < 1.29 is 22.7 Å². The maximum Gasteiger partial charge on any atom is 0.532 e. The lowest BCUT2D eigenvalue weighted by atomic mass is 9.92. The Bertz CT molecular complexity index is 1040. The molecule has 5 heterocycles. The van der Waals surface area contributed by atoms with E-state index in [-0.39, 0.29) is 12.1 Å². The Hall–Kier alpha value is -1.66. The minimum Gasteiger partial charge on any atom is -0.403 e. The Labute approximate surface area is 142 Å². The van der Waals surface area contributed by atoms with Gasteiger partial charge in [-0.1, -0.05) is 11.2 Å². The van der Waals surface area contributed by atoms with Gasteiger partial charge in [-0.15, -0.1) is 0 Å². The number of hydrogen-bond acceptors (Lipinski definition) is 7. The second kappa shape index (κ2) is 4.01. The number of nitrogens with zero attached hydrogens (tertiary/aromatic N) is 1. The van der Waals surface area contributed by atoms with Crippen molar-refractivity contribution in [1.29, 1.82) is 0 Å². The van der Waals surface area contributed by atoms with Crippen LogP contribution in [0.15, 0.2) is 28.5 Å². The summed E-state index contributed by atoms with van der Waals surface area (Å²) in [5.74, 6) is 1.22. The zero-order valence-electron chi connectivity index (χ0n) is 13.2. The van der Waals surface area contributed by atoms with Gasteiger partial charge in [0.05, 0.1) is 5.57 Å². The molecule has 1 aromatic carbocycles. The van der Waals surface area contributed by atoms with E-state index < -0.39 is 13.5 Å². The Kier molecular flexibility index (Phi) is 2.17. The summed E-state index contributed by atoms with van der Waals surface area (Å²) in [6, 6.07) is 6.31. The lowest BCUT2D eigenvalue weighted by Crippen LogP contribution is -2.52. The summed E-state index contributed by atoms with van der Waals surface area (Å²) >= 11 is 0. The van der Waals surface area contributed by atoms with Crippen LogP contribution in [0.5, 0.6) is 0 Å². The summed E-state index contributed by atoms with van der Waals surface area (Å²) in [4.78, 5) is 0. The summed E-state index contributed by atoms with van der Waals surface area (Å²) in [7, 11) is -3.52.